The summed E-state index contributed by atoms with van der Waals surface area (Å²) in [6, 6.07) is 5.56. The van der Waals surface area contributed by atoms with Crippen molar-refractivity contribution in [2.75, 3.05) is 18.7 Å². The molecule has 2 rings (SSSR count). The molecule has 4 heteroatoms. The molecule has 0 amide bonds. The number of hydrogen-bond donors (Lipinski definition) is 0. The van der Waals surface area contributed by atoms with Crippen molar-refractivity contribution in [2.45, 2.75) is 0 Å². The lowest BCUT2D eigenvalue weighted by molar-refractivity contribution is 0.174. The molecule has 0 unspecified atom stereocenters. The van der Waals surface area contributed by atoms with Crippen molar-refractivity contribution in [1.82, 2.24) is 0 Å². The van der Waals surface area contributed by atoms with Crippen LogP contribution in [0.5, 0.6) is 17.2 Å². The molecule has 0 fully saturated rings. The summed E-state index contributed by atoms with van der Waals surface area (Å²) in [4.78, 5) is 0. The highest BCUT2D eigenvalue weighted by molar-refractivity contribution is 9.09. The lowest BCUT2D eigenvalue weighted by Crippen LogP contribution is -1.93. The summed E-state index contributed by atoms with van der Waals surface area (Å²) in [5.74, 6) is 2.31. The smallest absolute Gasteiger partial charge is 0.231 e. The first kappa shape index (κ1) is 10.4. The molecule has 0 saturated carbocycles. The molecule has 3 nitrogen and oxygen atoms in total. The second-order valence-corrected chi connectivity index (χ2v) is 3.60. The number of fused-ring (bicyclic) bond motifs is 1. The van der Waals surface area contributed by atoms with Crippen LogP contribution >= 0.6 is 15.9 Å². The van der Waals surface area contributed by atoms with Gasteiger partial charge in [0.15, 0.2) is 11.5 Å². The molecule has 0 aliphatic carbocycles. The number of hydrogen-bond acceptors (Lipinski definition) is 3. The molecule has 80 valence electrons. The highest BCUT2D eigenvalue weighted by atomic mass is 79.9. The second-order valence-electron chi connectivity index (χ2n) is 2.95. The minimum Gasteiger partial charge on any atom is -0.489 e. The highest BCUT2D eigenvalue weighted by Crippen LogP contribution is 2.34. The molecule has 0 N–H and O–H groups in total. The van der Waals surface area contributed by atoms with Crippen LogP contribution in [-0.2, 0) is 0 Å². The van der Waals surface area contributed by atoms with Crippen molar-refractivity contribution in [3.63, 3.8) is 0 Å². The number of ether oxygens (including phenoxy) is 3. The third-order valence-electron chi connectivity index (χ3n) is 1.95. The molecule has 1 aromatic rings. The van der Waals surface area contributed by atoms with E-state index in [1.807, 2.05) is 30.4 Å². The van der Waals surface area contributed by atoms with E-state index in [2.05, 4.69) is 15.9 Å². The topological polar surface area (TPSA) is 27.7 Å². The molecule has 0 spiro atoms. The molecule has 1 aromatic carbocycles. The van der Waals surface area contributed by atoms with Crippen LogP contribution in [0.15, 0.2) is 30.4 Å². The van der Waals surface area contributed by atoms with Crippen LogP contribution in [0, 0.1) is 0 Å². The molecular weight excluding hydrogens is 260 g/mol. The molecule has 0 atom stereocenters. The van der Waals surface area contributed by atoms with Gasteiger partial charge in [0.1, 0.15) is 12.4 Å². The van der Waals surface area contributed by atoms with Gasteiger partial charge in [-0.15, -0.1) is 0 Å². The molecule has 0 saturated heterocycles. The Hall–Kier alpha value is -1.16. The molecule has 0 radical (unpaired) electrons. The van der Waals surface area contributed by atoms with Crippen LogP contribution in [0.3, 0.4) is 0 Å². The molecule has 0 bridgehead atoms. The second kappa shape index (κ2) is 5.07. The van der Waals surface area contributed by atoms with Crippen molar-refractivity contribution in [3.05, 3.63) is 30.4 Å². The van der Waals surface area contributed by atoms with Gasteiger partial charge in [-0.25, -0.2) is 0 Å². The molecule has 1 heterocycles. The van der Waals surface area contributed by atoms with Gasteiger partial charge in [-0.05, 0) is 12.1 Å². The van der Waals surface area contributed by atoms with E-state index in [1.165, 1.54) is 0 Å². The average molecular weight is 271 g/mol. The van der Waals surface area contributed by atoms with Gasteiger partial charge in [-0.3, -0.25) is 0 Å². The van der Waals surface area contributed by atoms with Gasteiger partial charge in [-0.2, -0.15) is 0 Å². The standard InChI is InChI=1S/C11H11BrO3/c12-5-1-2-6-13-9-3-4-10-11(7-9)15-8-14-10/h1-4,7H,5-6,8H2/b2-1+. The third-order valence-corrected chi connectivity index (χ3v) is 2.32. The summed E-state index contributed by atoms with van der Waals surface area (Å²) < 4.78 is 15.9. The molecule has 1 aliphatic heterocycles. The maximum Gasteiger partial charge on any atom is 0.231 e. The van der Waals surface area contributed by atoms with E-state index in [1.54, 1.807) is 0 Å². The van der Waals surface area contributed by atoms with E-state index in [0.717, 1.165) is 22.6 Å². The maximum absolute atomic E-state index is 5.49. The van der Waals surface area contributed by atoms with Gasteiger partial charge >= 0.3 is 0 Å². The minimum atomic E-state index is 0.294. The Labute approximate surface area is 96.8 Å². The average Bonchev–Trinajstić information content (AvgIpc) is 2.71. The quantitative estimate of drug-likeness (QED) is 0.622. The van der Waals surface area contributed by atoms with Crippen LogP contribution in [0.1, 0.15) is 0 Å². The van der Waals surface area contributed by atoms with Crippen molar-refractivity contribution in [1.29, 1.82) is 0 Å². The zero-order chi connectivity index (χ0) is 10.5. The number of rotatable bonds is 4. The minimum absolute atomic E-state index is 0.294. The van der Waals surface area contributed by atoms with Crippen molar-refractivity contribution < 1.29 is 14.2 Å². The van der Waals surface area contributed by atoms with Crippen LogP contribution in [0.4, 0.5) is 0 Å². The third kappa shape index (κ3) is 2.65. The Bertz CT molecular complexity index is 363. The summed E-state index contributed by atoms with van der Waals surface area (Å²) in [5.41, 5.74) is 0. The van der Waals surface area contributed by atoms with E-state index >= 15 is 0 Å². The predicted octanol–water partition coefficient (Wildman–Crippen LogP) is 2.75. The van der Waals surface area contributed by atoms with Gasteiger partial charge in [0.05, 0.1) is 0 Å². The summed E-state index contributed by atoms with van der Waals surface area (Å²) in [5, 5.41) is 0.845. The lowest BCUT2D eigenvalue weighted by Gasteiger charge is -2.03. The van der Waals surface area contributed by atoms with Gasteiger partial charge in [0.25, 0.3) is 0 Å². The van der Waals surface area contributed by atoms with E-state index < -0.39 is 0 Å². The first-order chi connectivity index (χ1) is 7.40. The van der Waals surface area contributed by atoms with E-state index in [4.69, 9.17) is 14.2 Å². The Morgan fingerprint density at radius 1 is 1.27 bits per heavy atom. The van der Waals surface area contributed by atoms with Crippen molar-refractivity contribution >= 4 is 15.9 Å². The van der Waals surface area contributed by atoms with E-state index in [0.29, 0.717) is 13.4 Å². The monoisotopic (exact) mass is 270 g/mol. The molecule has 1 aliphatic rings. The summed E-state index contributed by atoms with van der Waals surface area (Å²) in [6.07, 6.45) is 3.95. The Morgan fingerprint density at radius 3 is 3.00 bits per heavy atom. The first-order valence-electron chi connectivity index (χ1n) is 4.63. The molecule has 0 aromatic heterocycles. The van der Waals surface area contributed by atoms with Crippen LogP contribution in [0.25, 0.3) is 0 Å². The van der Waals surface area contributed by atoms with Crippen LogP contribution < -0.4 is 14.2 Å². The van der Waals surface area contributed by atoms with Gasteiger partial charge in [0, 0.05) is 11.4 Å². The summed E-state index contributed by atoms with van der Waals surface area (Å²) >= 11 is 3.30. The van der Waals surface area contributed by atoms with Crippen molar-refractivity contribution in [2.24, 2.45) is 0 Å². The lowest BCUT2D eigenvalue weighted by atomic mass is 10.3. The van der Waals surface area contributed by atoms with E-state index in [9.17, 15) is 0 Å². The summed E-state index contributed by atoms with van der Waals surface area (Å²) in [7, 11) is 0. The summed E-state index contributed by atoms with van der Waals surface area (Å²) in [6.45, 7) is 0.855. The van der Waals surface area contributed by atoms with Crippen molar-refractivity contribution in [3.8, 4) is 17.2 Å². The van der Waals surface area contributed by atoms with Gasteiger partial charge in [-0.1, -0.05) is 28.1 Å². The number of halogens is 1. The van der Waals surface area contributed by atoms with Gasteiger partial charge < -0.3 is 14.2 Å². The zero-order valence-electron chi connectivity index (χ0n) is 8.11. The SMILES string of the molecule is BrC/C=C/COc1ccc2c(c1)OCO2. The molecule has 15 heavy (non-hydrogen) atoms. The predicted molar refractivity (Wildman–Crippen MR) is 61.0 cm³/mol. The largest absolute Gasteiger partial charge is 0.489 e. The Kier molecular flexibility index (Phi) is 3.50. The normalized spacial score (nSPS) is 13.4. The Morgan fingerprint density at radius 2 is 2.13 bits per heavy atom. The fourth-order valence-corrected chi connectivity index (χ4v) is 1.51. The first-order valence-corrected chi connectivity index (χ1v) is 5.75. The van der Waals surface area contributed by atoms with E-state index in [-0.39, 0.29) is 0 Å². The number of allylic oxidation sites excluding steroid dienone is 1. The maximum atomic E-state index is 5.49. The van der Waals surface area contributed by atoms with Gasteiger partial charge in [0.2, 0.25) is 6.79 Å². The fourth-order valence-electron chi connectivity index (χ4n) is 1.24. The Balaban J connectivity index is 1.95. The zero-order valence-corrected chi connectivity index (χ0v) is 9.70. The number of alkyl halides is 1. The number of benzene rings is 1. The fraction of sp³-hybridized carbons (Fsp3) is 0.273. The highest BCUT2D eigenvalue weighted by Gasteiger charge is 2.13. The molecular formula is C11H11BrO3. The van der Waals surface area contributed by atoms with Crippen LogP contribution in [-0.4, -0.2) is 18.7 Å². The van der Waals surface area contributed by atoms with Crippen LogP contribution in [0.2, 0.25) is 0 Å².